The van der Waals surface area contributed by atoms with Crippen LogP contribution in [0.1, 0.15) is 45.6 Å². The van der Waals surface area contributed by atoms with E-state index in [0.717, 1.165) is 24.3 Å². The van der Waals surface area contributed by atoms with Gasteiger partial charge in [0.25, 0.3) is 0 Å². The molecule has 1 rings (SSSR count). The van der Waals surface area contributed by atoms with Crippen molar-refractivity contribution in [3.05, 3.63) is 28.7 Å². The Labute approximate surface area is 121 Å². The van der Waals surface area contributed by atoms with Crippen molar-refractivity contribution in [1.29, 1.82) is 0 Å². The Balaban J connectivity index is 2.22. The Morgan fingerprint density at radius 3 is 2.74 bits per heavy atom. The Morgan fingerprint density at radius 2 is 2.16 bits per heavy atom. The molecule has 0 aliphatic heterocycles. The van der Waals surface area contributed by atoms with Crippen molar-refractivity contribution in [3.63, 3.8) is 0 Å². The van der Waals surface area contributed by atoms with Crippen molar-refractivity contribution in [3.8, 4) is 5.06 Å². The zero-order valence-corrected chi connectivity index (χ0v) is 13.6. The Hall–Kier alpha value is -0.800. The van der Waals surface area contributed by atoms with E-state index in [1.165, 1.54) is 11.1 Å². The molecule has 0 saturated heterocycles. The number of thiophene rings is 1. The molecule has 0 aliphatic carbocycles. The molecule has 3 heteroatoms. The molecular formula is C16H26O2S. The second-order valence-corrected chi connectivity index (χ2v) is 6.50. The number of hydrogen-bond donors (Lipinski definition) is 0. The number of aryl methyl sites for hydroxylation is 1. The number of hydrogen-bond acceptors (Lipinski definition) is 3. The van der Waals surface area contributed by atoms with Crippen LogP contribution in [0.2, 0.25) is 0 Å². The molecule has 1 aromatic rings. The maximum absolute atomic E-state index is 5.68. The lowest BCUT2D eigenvalue weighted by Gasteiger charge is -2.22. The summed E-state index contributed by atoms with van der Waals surface area (Å²) >= 11 is 1.66. The minimum atomic E-state index is -0.00866. The van der Waals surface area contributed by atoms with E-state index in [-0.39, 0.29) is 5.60 Å². The van der Waals surface area contributed by atoms with Gasteiger partial charge in [-0.25, -0.2) is 0 Å². The van der Waals surface area contributed by atoms with Crippen LogP contribution in [-0.2, 0) is 4.74 Å². The Morgan fingerprint density at radius 1 is 1.42 bits per heavy atom. The Bertz CT molecular complexity index is 405. The lowest BCUT2D eigenvalue weighted by Crippen LogP contribution is -2.21. The van der Waals surface area contributed by atoms with Crippen molar-refractivity contribution < 1.29 is 9.47 Å². The molecule has 1 aromatic heterocycles. The molecule has 0 atom stereocenters. The summed E-state index contributed by atoms with van der Waals surface area (Å²) in [4.78, 5) is 0. The maximum atomic E-state index is 5.68. The van der Waals surface area contributed by atoms with Gasteiger partial charge in [-0.2, -0.15) is 0 Å². The van der Waals surface area contributed by atoms with Crippen LogP contribution in [0.25, 0.3) is 0 Å². The van der Waals surface area contributed by atoms with E-state index in [1.54, 1.807) is 18.4 Å². The second kappa shape index (κ2) is 7.71. The van der Waals surface area contributed by atoms with Crippen molar-refractivity contribution in [1.82, 2.24) is 0 Å². The van der Waals surface area contributed by atoms with Gasteiger partial charge in [0, 0.05) is 7.11 Å². The highest BCUT2D eigenvalue weighted by molar-refractivity contribution is 7.12. The largest absolute Gasteiger partial charge is 0.480 e. The molecule has 108 valence electrons. The van der Waals surface area contributed by atoms with E-state index >= 15 is 0 Å². The molecule has 0 spiro atoms. The summed E-state index contributed by atoms with van der Waals surface area (Å²) in [7, 11) is 1.78. The molecule has 0 aromatic carbocycles. The molecule has 0 radical (unpaired) electrons. The fourth-order valence-corrected chi connectivity index (χ4v) is 2.50. The van der Waals surface area contributed by atoms with Gasteiger partial charge in [0.2, 0.25) is 0 Å². The van der Waals surface area contributed by atoms with Crippen LogP contribution < -0.4 is 4.74 Å². The summed E-state index contributed by atoms with van der Waals surface area (Å²) in [5.74, 6) is 0. The minimum absolute atomic E-state index is 0.00866. The standard InChI is InChI=1S/C16H26O2S/c1-13(7-6-9-16(3,4)17-5)8-10-18-15-11-14(2)12-19-15/h8,11-12H,6-7,9-10H2,1-5H3. The van der Waals surface area contributed by atoms with Gasteiger partial charge in [0.1, 0.15) is 6.61 Å². The van der Waals surface area contributed by atoms with Crippen LogP contribution in [-0.4, -0.2) is 19.3 Å². The first kappa shape index (κ1) is 16.3. The molecule has 2 nitrogen and oxygen atoms in total. The first-order valence-electron chi connectivity index (χ1n) is 6.82. The predicted molar refractivity (Wildman–Crippen MR) is 83.2 cm³/mol. The normalized spacial score (nSPS) is 12.8. The molecule has 0 unspecified atom stereocenters. The highest BCUT2D eigenvalue weighted by Gasteiger charge is 2.14. The topological polar surface area (TPSA) is 18.5 Å². The fraction of sp³-hybridized carbons (Fsp3) is 0.625. The van der Waals surface area contributed by atoms with Gasteiger partial charge in [0.15, 0.2) is 5.06 Å². The summed E-state index contributed by atoms with van der Waals surface area (Å²) in [6.45, 7) is 9.19. The summed E-state index contributed by atoms with van der Waals surface area (Å²) in [6, 6.07) is 2.08. The minimum Gasteiger partial charge on any atom is -0.480 e. The van der Waals surface area contributed by atoms with Crippen LogP contribution in [0, 0.1) is 6.92 Å². The average molecular weight is 282 g/mol. The van der Waals surface area contributed by atoms with Gasteiger partial charge in [-0.05, 0) is 70.0 Å². The van der Waals surface area contributed by atoms with E-state index in [9.17, 15) is 0 Å². The highest BCUT2D eigenvalue weighted by Crippen LogP contribution is 2.22. The summed E-state index contributed by atoms with van der Waals surface area (Å²) < 4.78 is 11.1. The zero-order chi connectivity index (χ0) is 14.3. The molecule has 0 N–H and O–H groups in total. The van der Waals surface area contributed by atoms with Gasteiger partial charge < -0.3 is 9.47 Å². The highest BCUT2D eigenvalue weighted by atomic mass is 32.1. The van der Waals surface area contributed by atoms with Crippen molar-refractivity contribution in [2.75, 3.05) is 13.7 Å². The summed E-state index contributed by atoms with van der Waals surface area (Å²) in [6.07, 6.45) is 5.52. The van der Waals surface area contributed by atoms with Crippen LogP contribution in [0.5, 0.6) is 5.06 Å². The van der Waals surface area contributed by atoms with E-state index in [1.807, 2.05) is 0 Å². The molecule has 0 aliphatic rings. The quantitative estimate of drug-likeness (QED) is 0.626. The lowest BCUT2D eigenvalue weighted by atomic mass is 9.99. The van der Waals surface area contributed by atoms with Gasteiger partial charge >= 0.3 is 0 Å². The van der Waals surface area contributed by atoms with Crippen LogP contribution in [0.15, 0.2) is 23.1 Å². The molecule has 19 heavy (non-hydrogen) atoms. The SMILES string of the molecule is COC(C)(C)CCCC(C)=CCOc1cc(C)cs1. The third-order valence-electron chi connectivity index (χ3n) is 3.27. The lowest BCUT2D eigenvalue weighted by molar-refractivity contribution is 0.0140. The first-order valence-corrected chi connectivity index (χ1v) is 7.69. The van der Waals surface area contributed by atoms with Crippen LogP contribution in [0.4, 0.5) is 0 Å². The predicted octanol–water partition coefficient (Wildman–Crippen LogP) is 4.98. The van der Waals surface area contributed by atoms with Gasteiger partial charge in [-0.1, -0.05) is 5.57 Å². The second-order valence-electron chi connectivity index (χ2n) is 5.62. The number of allylic oxidation sites excluding steroid dienone is 1. The molecule has 0 saturated carbocycles. The molecule has 0 amide bonds. The number of rotatable bonds is 8. The number of ether oxygens (including phenoxy) is 2. The smallest absolute Gasteiger partial charge is 0.174 e. The van der Waals surface area contributed by atoms with Gasteiger partial charge in [0.05, 0.1) is 5.60 Å². The van der Waals surface area contributed by atoms with E-state index in [0.29, 0.717) is 6.61 Å². The zero-order valence-electron chi connectivity index (χ0n) is 12.8. The monoisotopic (exact) mass is 282 g/mol. The van der Waals surface area contributed by atoms with Crippen LogP contribution >= 0.6 is 11.3 Å². The molecule has 1 heterocycles. The third kappa shape index (κ3) is 6.79. The van der Waals surface area contributed by atoms with Crippen molar-refractivity contribution in [2.45, 2.75) is 52.6 Å². The first-order chi connectivity index (χ1) is 8.93. The van der Waals surface area contributed by atoms with Crippen LogP contribution in [0.3, 0.4) is 0 Å². The molecule has 0 bridgehead atoms. The molecular weight excluding hydrogens is 256 g/mol. The number of methoxy groups -OCH3 is 1. The van der Waals surface area contributed by atoms with E-state index in [4.69, 9.17) is 9.47 Å². The van der Waals surface area contributed by atoms with Gasteiger partial charge in [-0.3, -0.25) is 0 Å². The maximum Gasteiger partial charge on any atom is 0.174 e. The Kier molecular flexibility index (Phi) is 6.59. The van der Waals surface area contributed by atoms with Gasteiger partial charge in [-0.15, -0.1) is 11.3 Å². The summed E-state index contributed by atoms with van der Waals surface area (Å²) in [5.41, 5.74) is 2.65. The van der Waals surface area contributed by atoms with Crippen molar-refractivity contribution >= 4 is 11.3 Å². The third-order valence-corrected chi connectivity index (χ3v) is 4.22. The summed E-state index contributed by atoms with van der Waals surface area (Å²) in [5, 5.41) is 3.11. The van der Waals surface area contributed by atoms with E-state index in [2.05, 4.69) is 45.2 Å². The molecule has 0 fully saturated rings. The van der Waals surface area contributed by atoms with E-state index < -0.39 is 0 Å². The van der Waals surface area contributed by atoms with Crippen molar-refractivity contribution in [2.24, 2.45) is 0 Å². The fourth-order valence-electron chi connectivity index (χ4n) is 1.74. The average Bonchev–Trinajstić information content (AvgIpc) is 2.75.